The van der Waals surface area contributed by atoms with Crippen LogP contribution in [0.2, 0.25) is 0 Å². The molecule has 0 radical (unpaired) electrons. The van der Waals surface area contributed by atoms with Crippen molar-refractivity contribution in [1.29, 1.82) is 0 Å². The molecule has 0 aliphatic rings. The second kappa shape index (κ2) is 7.22. The number of rotatable bonds is 5. The van der Waals surface area contributed by atoms with E-state index in [4.69, 9.17) is 4.74 Å². The Labute approximate surface area is 143 Å². The van der Waals surface area contributed by atoms with Gasteiger partial charge in [-0.1, -0.05) is 42.0 Å². The van der Waals surface area contributed by atoms with Gasteiger partial charge < -0.3 is 9.84 Å². The van der Waals surface area contributed by atoms with Crippen LogP contribution in [0.3, 0.4) is 0 Å². The topological polar surface area (TPSA) is 29.5 Å². The van der Waals surface area contributed by atoms with E-state index in [9.17, 15) is 5.11 Å². The van der Waals surface area contributed by atoms with Crippen molar-refractivity contribution in [2.75, 3.05) is 0 Å². The van der Waals surface area contributed by atoms with Crippen molar-refractivity contribution in [3.05, 3.63) is 89.0 Å². The predicted molar refractivity (Wildman–Crippen MR) is 97.9 cm³/mol. The molecule has 3 aromatic carbocycles. The van der Waals surface area contributed by atoms with Crippen molar-refractivity contribution < 1.29 is 9.84 Å². The minimum Gasteiger partial charge on any atom is -0.508 e. The number of aromatic hydroxyl groups is 1. The largest absolute Gasteiger partial charge is 0.508 e. The molecule has 0 saturated heterocycles. The standard InChI is InChI=1S/C22H22O2/c1-16-6-11-19(12-7-16)24-20-13-8-18(9-14-20)10-15-21-17(2)4-3-5-22(21)23/h3-9,11-14,23H,10,15H2,1-2H3. The van der Waals surface area contributed by atoms with Crippen molar-refractivity contribution in [2.45, 2.75) is 26.7 Å². The summed E-state index contributed by atoms with van der Waals surface area (Å²) in [5.74, 6) is 2.06. The summed E-state index contributed by atoms with van der Waals surface area (Å²) in [6.45, 7) is 4.10. The SMILES string of the molecule is Cc1ccc(Oc2ccc(CCc3c(C)cccc3O)cc2)cc1. The first-order chi connectivity index (χ1) is 11.6. The van der Waals surface area contributed by atoms with Crippen LogP contribution >= 0.6 is 0 Å². The van der Waals surface area contributed by atoms with Crippen molar-refractivity contribution in [2.24, 2.45) is 0 Å². The van der Waals surface area contributed by atoms with E-state index in [1.54, 1.807) is 6.07 Å². The second-order valence-corrected chi connectivity index (χ2v) is 6.13. The third-order valence-corrected chi connectivity index (χ3v) is 4.23. The first-order valence-corrected chi connectivity index (χ1v) is 8.23. The summed E-state index contributed by atoms with van der Waals surface area (Å²) in [6.07, 6.45) is 1.72. The van der Waals surface area contributed by atoms with Gasteiger partial charge in [-0.05, 0) is 73.7 Å². The minimum absolute atomic E-state index is 0.384. The van der Waals surface area contributed by atoms with Crippen LogP contribution in [0.15, 0.2) is 66.7 Å². The molecule has 0 spiro atoms. The molecule has 0 heterocycles. The lowest BCUT2D eigenvalue weighted by Gasteiger charge is -2.09. The quantitative estimate of drug-likeness (QED) is 0.665. The Hall–Kier alpha value is -2.74. The molecule has 0 bridgehead atoms. The number of aryl methyl sites for hydroxylation is 3. The molecule has 3 rings (SSSR count). The maximum absolute atomic E-state index is 9.98. The van der Waals surface area contributed by atoms with Gasteiger partial charge in [0.15, 0.2) is 0 Å². The third kappa shape index (κ3) is 3.96. The molecule has 0 fully saturated rings. The maximum Gasteiger partial charge on any atom is 0.127 e. The van der Waals surface area contributed by atoms with Crippen molar-refractivity contribution >= 4 is 0 Å². The average molecular weight is 318 g/mol. The van der Waals surface area contributed by atoms with Crippen LogP contribution in [-0.4, -0.2) is 5.11 Å². The molecule has 0 aliphatic heterocycles. The van der Waals surface area contributed by atoms with Gasteiger partial charge in [0, 0.05) is 0 Å². The van der Waals surface area contributed by atoms with E-state index in [1.807, 2.05) is 55.5 Å². The number of ether oxygens (including phenoxy) is 1. The molecule has 122 valence electrons. The summed E-state index contributed by atoms with van der Waals surface area (Å²) < 4.78 is 5.85. The van der Waals surface area contributed by atoms with Crippen LogP contribution in [0.25, 0.3) is 0 Å². The van der Waals surface area contributed by atoms with E-state index in [0.29, 0.717) is 5.75 Å². The highest BCUT2D eigenvalue weighted by Gasteiger charge is 2.05. The van der Waals surface area contributed by atoms with Gasteiger partial charge in [-0.3, -0.25) is 0 Å². The van der Waals surface area contributed by atoms with Gasteiger partial charge in [-0.15, -0.1) is 0 Å². The summed E-state index contributed by atoms with van der Waals surface area (Å²) in [5, 5.41) is 9.98. The van der Waals surface area contributed by atoms with Gasteiger partial charge in [0.05, 0.1) is 0 Å². The Morgan fingerprint density at radius 3 is 2.00 bits per heavy atom. The number of benzene rings is 3. The van der Waals surface area contributed by atoms with Crippen molar-refractivity contribution in [1.82, 2.24) is 0 Å². The molecule has 0 atom stereocenters. The Morgan fingerprint density at radius 1 is 0.750 bits per heavy atom. The van der Waals surface area contributed by atoms with Crippen LogP contribution in [0, 0.1) is 13.8 Å². The van der Waals surface area contributed by atoms with Crippen molar-refractivity contribution in [3.8, 4) is 17.2 Å². The Balaban J connectivity index is 1.63. The van der Waals surface area contributed by atoms with Gasteiger partial charge in [0.25, 0.3) is 0 Å². The fourth-order valence-corrected chi connectivity index (χ4v) is 2.75. The zero-order valence-corrected chi connectivity index (χ0v) is 14.1. The highest BCUT2D eigenvalue weighted by atomic mass is 16.5. The van der Waals surface area contributed by atoms with Crippen LogP contribution < -0.4 is 4.74 Å². The van der Waals surface area contributed by atoms with Gasteiger partial charge >= 0.3 is 0 Å². The minimum atomic E-state index is 0.384. The van der Waals surface area contributed by atoms with E-state index in [0.717, 1.165) is 35.5 Å². The molecule has 0 saturated carbocycles. The van der Waals surface area contributed by atoms with Gasteiger partial charge in [-0.2, -0.15) is 0 Å². The number of phenolic OH excluding ortho intramolecular Hbond substituents is 1. The molecule has 0 amide bonds. The maximum atomic E-state index is 9.98. The smallest absolute Gasteiger partial charge is 0.127 e. The molecule has 0 aromatic heterocycles. The number of hydrogen-bond acceptors (Lipinski definition) is 2. The summed E-state index contributed by atoms with van der Waals surface area (Å²) >= 11 is 0. The Kier molecular flexibility index (Phi) is 4.85. The Bertz CT molecular complexity index is 782. The van der Waals surface area contributed by atoms with Gasteiger partial charge in [0.2, 0.25) is 0 Å². The van der Waals surface area contributed by atoms with Gasteiger partial charge in [-0.25, -0.2) is 0 Å². The van der Waals surface area contributed by atoms with E-state index in [1.165, 1.54) is 11.1 Å². The highest BCUT2D eigenvalue weighted by molar-refractivity contribution is 5.40. The number of phenols is 1. The van der Waals surface area contributed by atoms with Crippen LogP contribution in [0.5, 0.6) is 17.2 Å². The van der Waals surface area contributed by atoms with Crippen LogP contribution in [0.4, 0.5) is 0 Å². The lowest BCUT2D eigenvalue weighted by molar-refractivity contribution is 0.467. The van der Waals surface area contributed by atoms with Crippen molar-refractivity contribution in [3.63, 3.8) is 0 Å². The molecule has 3 aromatic rings. The lowest BCUT2D eigenvalue weighted by atomic mass is 9.99. The van der Waals surface area contributed by atoms with Crippen LogP contribution in [0.1, 0.15) is 22.3 Å². The van der Waals surface area contributed by atoms with E-state index in [2.05, 4.69) is 19.1 Å². The summed E-state index contributed by atoms with van der Waals surface area (Å²) in [5.41, 5.74) is 4.61. The third-order valence-electron chi connectivity index (χ3n) is 4.23. The monoisotopic (exact) mass is 318 g/mol. The molecule has 24 heavy (non-hydrogen) atoms. The van der Waals surface area contributed by atoms with Gasteiger partial charge in [0.1, 0.15) is 17.2 Å². The molecule has 1 N–H and O–H groups in total. The highest BCUT2D eigenvalue weighted by Crippen LogP contribution is 2.24. The lowest BCUT2D eigenvalue weighted by Crippen LogP contribution is -1.95. The molecule has 0 unspecified atom stereocenters. The summed E-state index contributed by atoms with van der Waals surface area (Å²) in [6, 6.07) is 21.8. The zero-order valence-electron chi connectivity index (χ0n) is 14.1. The normalized spacial score (nSPS) is 10.6. The molecular weight excluding hydrogens is 296 g/mol. The second-order valence-electron chi connectivity index (χ2n) is 6.13. The molecule has 0 aliphatic carbocycles. The molecule has 2 nitrogen and oxygen atoms in total. The van der Waals surface area contributed by atoms with E-state index < -0.39 is 0 Å². The first kappa shape index (κ1) is 16.1. The first-order valence-electron chi connectivity index (χ1n) is 8.23. The fourth-order valence-electron chi connectivity index (χ4n) is 2.75. The zero-order chi connectivity index (χ0) is 16.9. The van der Waals surface area contributed by atoms with E-state index >= 15 is 0 Å². The summed E-state index contributed by atoms with van der Waals surface area (Å²) in [7, 11) is 0. The molecular formula is C22H22O2. The molecule has 2 heteroatoms. The average Bonchev–Trinajstić information content (AvgIpc) is 2.58. The van der Waals surface area contributed by atoms with Crippen LogP contribution in [-0.2, 0) is 12.8 Å². The van der Waals surface area contributed by atoms with E-state index in [-0.39, 0.29) is 0 Å². The Morgan fingerprint density at radius 2 is 1.38 bits per heavy atom. The summed E-state index contributed by atoms with van der Waals surface area (Å²) in [4.78, 5) is 0. The fraction of sp³-hybridized carbons (Fsp3) is 0.182. The number of hydrogen-bond donors (Lipinski definition) is 1. The predicted octanol–water partition coefficient (Wildman–Crippen LogP) is 5.59.